The van der Waals surface area contributed by atoms with Crippen molar-refractivity contribution in [1.29, 1.82) is 0 Å². The third-order valence-corrected chi connectivity index (χ3v) is 6.54. The van der Waals surface area contributed by atoms with Gasteiger partial charge < -0.3 is 14.5 Å². The van der Waals surface area contributed by atoms with Gasteiger partial charge in [0.2, 0.25) is 15.9 Å². The van der Waals surface area contributed by atoms with Crippen molar-refractivity contribution in [3.05, 3.63) is 30.2 Å². The number of hydrogen-bond acceptors (Lipinski definition) is 7. The number of amides is 1. The van der Waals surface area contributed by atoms with Gasteiger partial charge in [-0.1, -0.05) is 6.42 Å². The molecule has 1 fully saturated rings. The zero-order valence-corrected chi connectivity index (χ0v) is 17.3. The first-order chi connectivity index (χ1) is 14.0. The van der Waals surface area contributed by atoms with E-state index < -0.39 is 15.9 Å². The van der Waals surface area contributed by atoms with Crippen LogP contribution in [0.4, 0.5) is 0 Å². The number of piperidine rings is 1. The average molecular weight is 423 g/mol. The lowest BCUT2D eigenvalue weighted by Crippen LogP contribution is -2.35. The molecular weight excluding hydrogens is 396 g/mol. The summed E-state index contributed by atoms with van der Waals surface area (Å²) in [6.45, 7) is 4.67. The van der Waals surface area contributed by atoms with Gasteiger partial charge in [0.15, 0.2) is 0 Å². The van der Waals surface area contributed by atoms with E-state index in [9.17, 15) is 13.2 Å². The Labute approximate surface area is 170 Å². The Morgan fingerprint density at radius 3 is 2.59 bits per heavy atom. The molecule has 2 aromatic rings. The molecule has 1 aromatic carbocycles. The van der Waals surface area contributed by atoms with Crippen LogP contribution in [0.5, 0.6) is 0 Å². The smallest absolute Gasteiger partial charge is 0.308 e. The molecule has 1 aliphatic rings. The molecule has 0 spiro atoms. The molecule has 1 N–H and O–H groups in total. The van der Waals surface area contributed by atoms with Crippen molar-refractivity contribution in [1.82, 2.24) is 19.8 Å². The van der Waals surface area contributed by atoms with Gasteiger partial charge >= 0.3 is 11.8 Å². The van der Waals surface area contributed by atoms with E-state index in [2.05, 4.69) is 15.5 Å². The number of nitrogens with one attached hydrogen (secondary N) is 1. The topological polar surface area (TPSA) is 115 Å². The molecule has 3 rings (SSSR count). The van der Waals surface area contributed by atoms with E-state index in [-0.39, 0.29) is 16.7 Å². The van der Waals surface area contributed by atoms with Crippen LogP contribution in [-0.4, -0.2) is 61.7 Å². The van der Waals surface area contributed by atoms with E-state index in [4.69, 9.17) is 9.15 Å². The predicted octanol–water partition coefficient (Wildman–Crippen LogP) is 2.07. The maximum Gasteiger partial charge on any atom is 0.308 e. The Morgan fingerprint density at radius 2 is 1.90 bits per heavy atom. The highest BCUT2D eigenvalue weighted by atomic mass is 32.2. The van der Waals surface area contributed by atoms with Gasteiger partial charge in [-0.3, -0.25) is 4.79 Å². The predicted molar refractivity (Wildman–Crippen MR) is 106 cm³/mol. The second-order valence-electron chi connectivity index (χ2n) is 6.71. The van der Waals surface area contributed by atoms with E-state index in [0.717, 1.165) is 19.3 Å². The van der Waals surface area contributed by atoms with E-state index in [1.54, 1.807) is 12.1 Å². The first-order valence-corrected chi connectivity index (χ1v) is 11.3. The number of hydrogen-bond donors (Lipinski definition) is 1. The SMILES string of the molecule is CCOCCCNC(=O)c1nnc(-c2ccc(S(=O)(=O)N3CCCCC3)cc2)o1. The van der Waals surface area contributed by atoms with Crippen LogP contribution < -0.4 is 5.32 Å². The number of ether oxygens (including phenoxy) is 1. The molecule has 158 valence electrons. The first kappa shape index (κ1) is 21.4. The summed E-state index contributed by atoms with van der Waals surface area (Å²) in [5.74, 6) is -0.433. The van der Waals surface area contributed by atoms with Crippen molar-refractivity contribution < 1.29 is 22.4 Å². The minimum Gasteiger partial charge on any atom is -0.412 e. The van der Waals surface area contributed by atoms with E-state index in [0.29, 0.717) is 44.8 Å². The molecule has 1 aliphatic heterocycles. The van der Waals surface area contributed by atoms with Crippen LogP contribution >= 0.6 is 0 Å². The molecule has 1 amide bonds. The average Bonchev–Trinajstić information content (AvgIpc) is 3.25. The molecule has 1 saturated heterocycles. The zero-order chi connectivity index (χ0) is 20.7. The molecule has 0 saturated carbocycles. The number of aromatic nitrogens is 2. The molecule has 2 heterocycles. The van der Waals surface area contributed by atoms with Crippen molar-refractivity contribution in [2.24, 2.45) is 0 Å². The minimum absolute atomic E-state index is 0.138. The van der Waals surface area contributed by atoms with Crippen molar-refractivity contribution in [2.75, 3.05) is 32.8 Å². The number of carbonyl (C=O) groups excluding carboxylic acids is 1. The molecule has 0 bridgehead atoms. The van der Waals surface area contributed by atoms with Crippen molar-refractivity contribution >= 4 is 15.9 Å². The highest BCUT2D eigenvalue weighted by molar-refractivity contribution is 7.89. The molecule has 9 nitrogen and oxygen atoms in total. The number of rotatable bonds is 9. The lowest BCUT2D eigenvalue weighted by atomic mass is 10.2. The summed E-state index contributed by atoms with van der Waals surface area (Å²) < 4.78 is 37.6. The minimum atomic E-state index is -3.49. The summed E-state index contributed by atoms with van der Waals surface area (Å²) in [4.78, 5) is 12.3. The summed E-state index contributed by atoms with van der Waals surface area (Å²) in [6.07, 6.45) is 3.52. The monoisotopic (exact) mass is 422 g/mol. The van der Waals surface area contributed by atoms with E-state index in [1.165, 1.54) is 16.4 Å². The molecule has 1 aromatic heterocycles. The Balaban J connectivity index is 1.62. The van der Waals surface area contributed by atoms with Crippen LogP contribution in [0.1, 0.15) is 43.3 Å². The largest absolute Gasteiger partial charge is 0.412 e. The lowest BCUT2D eigenvalue weighted by Gasteiger charge is -2.25. The maximum absolute atomic E-state index is 12.7. The molecule has 10 heteroatoms. The van der Waals surface area contributed by atoms with Gasteiger partial charge in [-0.15, -0.1) is 10.2 Å². The summed E-state index contributed by atoms with van der Waals surface area (Å²) >= 11 is 0. The lowest BCUT2D eigenvalue weighted by molar-refractivity contribution is 0.0910. The number of carbonyl (C=O) groups is 1. The highest BCUT2D eigenvalue weighted by Gasteiger charge is 2.26. The van der Waals surface area contributed by atoms with Crippen LogP contribution in [-0.2, 0) is 14.8 Å². The summed E-state index contributed by atoms with van der Waals surface area (Å²) in [7, 11) is -3.49. The van der Waals surface area contributed by atoms with Gasteiger partial charge in [-0.2, -0.15) is 4.31 Å². The number of benzene rings is 1. The van der Waals surface area contributed by atoms with Crippen LogP contribution in [0.25, 0.3) is 11.5 Å². The van der Waals surface area contributed by atoms with Gasteiger partial charge in [-0.05, 0) is 50.5 Å². The zero-order valence-electron chi connectivity index (χ0n) is 16.5. The van der Waals surface area contributed by atoms with Gasteiger partial charge in [0, 0.05) is 38.4 Å². The van der Waals surface area contributed by atoms with Crippen LogP contribution in [0.3, 0.4) is 0 Å². The van der Waals surface area contributed by atoms with E-state index in [1.807, 2.05) is 6.92 Å². The Bertz CT molecular complexity index is 905. The van der Waals surface area contributed by atoms with Gasteiger partial charge in [0.25, 0.3) is 0 Å². The molecule has 0 radical (unpaired) electrons. The second kappa shape index (κ2) is 9.95. The summed E-state index contributed by atoms with van der Waals surface area (Å²) in [5, 5.41) is 10.3. The molecule has 29 heavy (non-hydrogen) atoms. The molecular formula is C19H26N4O5S. The fourth-order valence-electron chi connectivity index (χ4n) is 3.05. The highest BCUT2D eigenvalue weighted by Crippen LogP contribution is 2.24. The fourth-order valence-corrected chi connectivity index (χ4v) is 4.57. The van der Waals surface area contributed by atoms with Crippen LogP contribution in [0, 0.1) is 0 Å². The van der Waals surface area contributed by atoms with Crippen molar-refractivity contribution in [3.8, 4) is 11.5 Å². The van der Waals surface area contributed by atoms with Crippen LogP contribution in [0.15, 0.2) is 33.6 Å². The molecule has 0 aliphatic carbocycles. The van der Waals surface area contributed by atoms with Gasteiger partial charge in [-0.25, -0.2) is 8.42 Å². The third kappa shape index (κ3) is 5.40. The normalized spacial score (nSPS) is 15.3. The maximum atomic E-state index is 12.7. The molecule has 0 unspecified atom stereocenters. The third-order valence-electron chi connectivity index (χ3n) is 4.63. The first-order valence-electron chi connectivity index (χ1n) is 9.82. The Hall–Kier alpha value is -2.30. The fraction of sp³-hybridized carbons (Fsp3) is 0.526. The van der Waals surface area contributed by atoms with E-state index >= 15 is 0 Å². The van der Waals surface area contributed by atoms with Crippen molar-refractivity contribution in [2.45, 2.75) is 37.5 Å². The van der Waals surface area contributed by atoms with Gasteiger partial charge in [0.1, 0.15) is 0 Å². The quantitative estimate of drug-likeness (QED) is 0.615. The molecule has 0 atom stereocenters. The number of nitrogens with zero attached hydrogens (tertiary/aromatic N) is 3. The Morgan fingerprint density at radius 1 is 1.17 bits per heavy atom. The standard InChI is InChI=1S/C19H26N4O5S/c1-2-27-14-6-11-20-17(24)19-22-21-18(28-19)15-7-9-16(10-8-15)29(25,26)23-12-4-3-5-13-23/h7-10H,2-6,11-14H2,1H3,(H,20,24). The summed E-state index contributed by atoms with van der Waals surface area (Å²) in [5.41, 5.74) is 0.547. The number of sulfonamides is 1. The van der Waals surface area contributed by atoms with Crippen molar-refractivity contribution in [3.63, 3.8) is 0 Å². The summed E-state index contributed by atoms with van der Waals surface area (Å²) in [6, 6.07) is 6.26. The van der Waals surface area contributed by atoms with Gasteiger partial charge in [0.05, 0.1) is 4.90 Å². The Kier molecular flexibility index (Phi) is 7.34. The van der Waals surface area contributed by atoms with Crippen LogP contribution in [0.2, 0.25) is 0 Å². The second-order valence-corrected chi connectivity index (χ2v) is 8.65.